The van der Waals surface area contributed by atoms with E-state index < -0.39 is 0 Å². The zero-order valence-corrected chi connectivity index (χ0v) is 8.25. The van der Waals surface area contributed by atoms with E-state index in [2.05, 4.69) is 36.5 Å². The monoisotopic (exact) mass is 166 g/mol. The molecular weight excluding hydrogens is 148 g/mol. The van der Waals surface area contributed by atoms with E-state index in [1.54, 1.807) is 0 Å². The lowest BCUT2D eigenvalue weighted by atomic mass is 10.2. The third-order valence-electron chi connectivity index (χ3n) is 2.29. The molecule has 68 valence electrons. The van der Waals surface area contributed by atoms with E-state index in [4.69, 9.17) is 0 Å². The number of aromatic nitrogens is 2. The van der Waals surface area contributed by atoms with Crippen LogP contribution in [-0.2, 0) is 6.42 Å². The van der Waals surface area contributed by atoms with Gasteiger partial charge in [0.1, 0.15) is 5.82 Å². The van der Waals surface area contributed by atoms with Gasteiger partial charge in [-0.3, -0.25) is 0 Å². The van der Waals surface area contributed by atoms with Crippen molar-refractivity contribution >= 4 is 0 Å². The molecule has 1 atom stereocenters. The van der Waals surface area contributed by atoms with E-state index in [0.717, 1.165) is 6.42 Å². The van der Waals surface area contributed by atoms with Gasteiger partial charge in [0, 0.05) is 24.9 Å². The molecule has 0 N–H and O–H groups in total. The number of imidazole rings is 1. The maximum Gasteiger partial charge on any atom is 0.108 e. The average molecular weight is 166 g/mol. The minimum absolute atomic E-state index is 0.592. The van der Waals surface area contributed by atoms with E-state index in [9.17, 15) is 0 Å². The van der Waals surface area contributed by atoms with Crippen molar-refractivity contribution in [1.82, 2.24) is 9.55 Å². The molecule has 2 nitrogen and oxygen atoms in total. The van der Waals surface area contributed by atoms with Gasteiger partial charge in [-0.25, -0.2) is 4.98 Å². The van der Waals surface area contributed by atoms with Crippen molar-refractivity contribution in [2.24, 2.45) is 0 Å². The number of rotatable bonds is 4. The Kier molecular flexibility index (Phi) is 3.32. The average Bonchev–Trinajstić information content (AvgIpc) is 2.52. The van der Waals surface area contributed by atoms with Crippen LogP contribution in [0.5, 0.6) is 0 Å². The third kappa shape index (κ3) is 1.87. The summed E-state index contributed by atoms with van der Waals surface area (Å²) in [6.07, 6.45) is 7.42. The summed E-state index contributed by atoms with van der Waals surface area (Å²) in [6, 6.07) is 0.592. The summed E-state index contributed by atoms with van der Waals surface area (Å²) in [7, 11) is 0. The fourth-order valence-corrected chi connectivity index (χ4v) is 1.36. The molecule has 1 aromatic rings. The summed E-state index contributed by atoms with van der Waals surface area (Å²) in [5.74, 6) is 1.23. The Hall–Kier alpha value is -0.790. The highest BCUT2D eigenvalue weighted by atomic mass is 15.1. The molecule has 0 amide bonds. The van der Waals surface area contributed by atoms with Gasteiger partial charge in [0.05, 0.1) is 0 Å². The van der Waals surface area contributed by atoms with Crippen molar-refractivity contribution in [1.29, 1.82) is 0 Å². The van der Waals surface area contributed by atoms with E-state index in [1.165, 1.54) is 18.7 Å². The minimum atomic E-state index is 0.592. The molecule has 0 aliphatic carbocycles. The molecule has 0 aliphatic heterocycles. The second-order valence-corrected chi connectivity index (χ2v) is 3.26. The molecule has 0 aromatic carbocycles. The van der Waals surface area contributed by atoms with E-state index in [-0.39, 0.29) is 0 Å². The highest BCUT2D eigenvalue weighted by molar-refractivity contribution is 4.94. The Morgan fingerprint density at radius 2 is 2.25 bits per heavy atom. The molecule has 0 spiro atoms. The maximum atomic E-state index is 4.34. The topological polar surface area (TPSA) is 17.8 Å². The van der Waals surface area contributed by atoms with Gasteiger partial charge in [-0.2, -0.15) is 0 Å². The van der Waals surface area contributed by atoms with Crippen LogP contribution in [0.1, 0.15) is 45.5 Å². The first kappa shape index (κ1) is 9.30. The Bertz CT molecular complexity index is 227. The SMILES string of the molecule is CCCc1nccn1C(C)CC. The zero-order valence-electron chi connectivity index (χ0n) is 8.25. The van der Waals surface area contributed by atoms with Gasteiger partial charge in [-0.1, -0.05) is 13.8 Å². The van der Waals surface area contributed by atoms with E-state index in [0.29, 0.717) is 6.04 Å². The van der Waals surface area contributed by atoms with Crippen LogP contribution in [0.4, 0.5) is 0 Å². The van der Waals surface area contributed by atoms with Crippen molar-refractivity contribution in [2.75, 3.05) is 0 Å². The largest absolute Gasteiger partial charge is 0.332 e. The normalized spacial score (nSPS) is 13.2. The summed E-state index contributed by atoms with van der Waals surface area (Å²) >= 11 is 0. The van der Waals surface area contributed by atoms with Crippen LogP contribution in [0.15, 0.2) is 12.4 Å². The second-order valence-electron chi connectivity index (χ2n) is 3.26. The van der Waals surface area contributed by atoms with Crippen LogP contribution in [0.25, 0.3) is 0 Å². The number of hydrogen-bond acceptors (Lipinski definition) is 1. The molecule has 0 aliphatic rings. The van der Waals surface area contributed by atoms with Crippen molar-refractivity contribution in [3.05, 3.63) is 18.2 Å². The Morgan fingerprint density at radius 1 is 1.50 bits per heavy atom. The van der Waals surface area contributed by atoms with Crippen molar-refractivity contribution in [3.63, 3.8) is 0 Å². The standard InChI is InChI=1S/C10H18N2/c1-4-6-10-11-7-8-12(10)9(3)5-2/h7-9H,4-6H2,1-3H3. The van der Waals surface area contributed by atoms with Crippen LogP contribution in [0.2, 0.25) is 0 Å². The van der Waals surface area contributed by atoms with Crippen LogP contribution in [0.3, 0.4) is 0 Å². The smallest absolute Gasteiger partial charge is 0.108 e. The Labute approximate surface area is 74.6 Å². The van der Waals surface area contributed by atoms with E-state index >= 15 is 0 Å². The predicted molar refractivity (Wildman–Crippen MR) is 51.2 cm³/mol. The first-order valence-corrected chi connectivity index (χ1v) is 4.81. The third-order valence-corrected chi connectivity index (χ3v) is 2.29. The molecule has 0 fully saturated rings. The fourth-order valence-electron chi connectivity index (χ4n) is 1.36. The quantitative estimate of drug-likeness (QED) is 0.672. The van der Waals surface area contributed by atoms with Gasteiger partial charge in [-0.05, 0) is 19.8 Å². The second kappa shape index (κ2) is 4.29. The van der Waals surface area contributed by atoms with E-state index in [1.807, 2.05) is 6.20 Å². The lowest BCUT2D eigenvalue weighted by molar-refractivity contribution is 0.506. The lowest BCUT2D eigenvalue weighted by Crippen LogP contribution is -2.07. The summed E-state index contributed by atoms with van der Waals surface area (Å²) < 4.78 is 2.28. The molecule has 1 heterocycles. The zero-order chi connectivity index (χ0) is 8.97. The molecule has 1 aromatic heterocycles. The van der Waals surface area contributed by atoms with Crippen molar-refractivity contribution in [2.45, 2.75) is 46.1 Å². The van der Waals surface area contributed by atoms with Crippen LogP contribution >= 0.6 is 0 Å². The summed E-state index contributed by atoms with van der Waals surface area (Å²) in [5, 5.41) is 0. The number of hydrogen-bond donors (Lipinski definition) is 0. The van der Waals surface area contributed by atoms with Gasteiger partial charge in [0.15, 0.2) is 0 Å². The first-order valence-electron chi connectivity index (χ1n) is 4.81. The highest BCUT2D eigenvalue weighted by Crippen LogP contribution is 2.13. The maximum absolute atomic E-state index is 4.34. The fraction of sp³-hybridized carbons (Fsp3) is 0.700. The van der Waals surface area contributed by atoms with Crippen LogP contribution in [-0.4, -0.2) is 9.55 Å². The molecule has 0 radical (unpaired) electrons. The van der Waals surface area contributed by atoms with Gasteiger partial charge in [0.25, 0.3) is 0 Å². The lowest BCUT2D eigenvalue weighted by Gasteiger charge is -2.13. The molecule has 1 unspecified atom stereocenters. The molecule has 1 rings (SSSR count). The van der Waals surface area contributed by atoms with Crippen molar-refractivity contribution in [3.8, 4) is 0 Å². The molecule has 12 heavy (non-hydrogen) atoms. The van der Waals surface area contributed by atoms with Crippen molar-refractivity contribution < 1.29 is 0 Å². The summed E-state index contributed by atoms with van der Waals surface area (Å²) in [6.45, 7) is 6.64. The molecule has 0 saturated carbocycles. The summed E-state index contributed by atoms with van der Waals surface area (Å²) in [4.78, 5) is 4.34. The summed E-state index contributed by atoms with van der Waals surface area (Å²) in [5.41, 5.74) is 0. The van der Waals surface area contributed by atoms with Gasteiger partial charge in [0.2, 0.25) is 0 Å². The Balaban J connectivity index is 2.76. The van der Waals surface area contributed by atoms with Gasteiger partial charge >= 0.3 is 0 Å². The molecule has 0 saturated heterocycles. The molecule has 2 heteroatoms. The van der Waals surface area contributed by atoms with Crippen LogP contribution in [0, 0.1) is 0 Å². The minimum Gasteiger partial charge on any atom is -0.332 e. The van der Waals surface area contributed by atoms with Gasteiger partial charge in [-0.15, -0.1) is 0 Å². The predicted octanol–water partition coefficient (Wildman–Crippen LogP) is 2.81. The molecular formula is C10H18N2. The first-order chi connectivity index (χ1) is 5.79. The highest BCUT2D eigenvalue weighted by Gasteiger charge is 2.06. The number of aryl methyl sites for hydroxylation is 1. The van der Waals surface area contributed by atoms with Crippen LogP contribution < -0.4 is 0 Å². The van der Waals surface area contributed by atoms with Gasteiger partial charge < -0.3 is 4.57 Å². The number of nitrogens with zero attached hydrogens (tertiary/aromatic N) is 2. The molecule has 0 bridgehead atoms. The Morgan fingerprint density at radius 3 is 2.83 bits per heavy atom.